The summed E-state index contributed by atoms with van der Waals surface area (Å²) in [6.45, 7) is 3.24. The zero-order valence-corrected chi connectivity index (χ0v) is 21.8. The molecule has 1 heterocycles. The van der Waals surface area contributed by atoms with E-state index >= 15 is 0 Å². The average molecular weight is 492 g/mol. The summed E-state index contributed by atoms with van der Waals surface area (Å²) in [4.78, 5) is 4.96. The fourth-order valence-electron chi connectivity index (χ4n) is 6.33. The Labute approximate surface area is 212 Å². The Bertz CT molecular complexity index is 868. The fraction of sp³-hybridized carbons (Fsp3) is 0.500. The molecular weight excluding hydrogens is 451 g/mol. The van der Waals surface area contributed by atoms with Gasteiger partial charge in [0.15, 0.2) is 0 Å². The van der Waals surface area contributed by atoms with Crippen LogP contribution in [-0.2, 0) is 5.54 Å². The van der Waals surface area contributed by atoms with Gasteiger partial charge in [0, 0.05) is 18.1 Å². The van der Waals surface area contributed by atoms with Crippen molar-refractivity contribution >= 4 is 30.9 Å². The highest BCUT2D eigenvalue weighted by Gasteiger charge is 2.51. The number of likely N-dealkylation sites (tertiary alicyclic amines) is 1. The van der Waals surface area contributed by atoms with Gasteiger partial charge in [0.05, 0.1) is 6.04 Å². The van der Waals surface area contributed by atoms with Gasteiger partial charge in [0.1, 0.15) is 5.60 Å². The minimum absolute atomic E-state index is 0. The van der Waals surface area contributed by atoms with Crippen LogP contribution in [0.5, 0.6) is 0 Å². The Balaban J connectivity index is 0.00000193. The normalized spacial score (nSPS) is 27.7. The van der Waals surface area contributed by atoms with Crippen LogP contribution in [0.15, 0.2) is 66.7 Å². The molecule has 0 amide bonds. The number of nitrogens with zero attached hydrogens (tertiary/aromatic N) is 2. The van der Waals surface area contributed by atoms with Crippen LogP contribution in [0.1, 0.15) is 56.6 Å². The Morgan fingerprint density at radius 1 is 0.879 bits per heavy atom. The molecule has 0 spiro atoms. The van der Waals surface area contributed by atoms with Crippen molar-refractivity contribution in [3.8, 4) is 0 Å². The van der Waals surface area contributed by atoms with Crippen molar-refractivity contribution in [3.63, 3.8) is 0 Å². The van der Waals surface area contributed by atoms with Gasteiger partial charge in [0.2, 0.25) is 0 Å². The maximum Gasteiger partial charge on any atom is 0.101 e. The summed E-state index contributed by atoms with van der Waals surface area (Å²) in [5.74, 6) is 0. The second-order valence-electron chi connectivity index (χ2n) is 9.79. The van der Waals surface area contributed by atoms with E-state index < -0.39 is 5.60 Å². The van der Waals surface area contributed by atoms with Crippen LogP contribution in [0.2, 0.25) is 0 Å². The van der Waals surface area contributed by atoms with Gasteiger partial charge in [-0.1, -0.05) is 92.1 Å². The SMILES string of the molecule is CC1C(N(C)C)C(O)(C=Cc2ccccc2)CCN1C1(c2ccccc2)CCCCC1.Cl.Cl. The number of piperidine rings is 1. The van der Waals surface area contributed by atoms with Crippen LogP contribution in [0.3, 0.4) is 0 Å². The van der Waals surface area contributed by atoms with Crippen molar-refractivity contribution in [2.75, 3.05) is 20.6 Å². The number of aliphatic hydroxyl groups is 1. The zero-order chi connectivity index (χ0) is 21.9. The molecule has 4 rings (SSSR count). The molecule has 0 bridgehead atoms. The van der Waals surface area contributed by atoms with Gasteiger partial charge in [-0.15, -0.1) is 24.8 Å². The van der Waals surface area contributed by atoms with E-state index in [-0.39, 0.29) is 42.4 Å². The number of hydrogen-bond acceptors (Lipinski definition) is 3. The molecule has 3 unspecified atom stereocenters. The third-order valence-corrected chi connectivity index (χ3v) is 7.68. The molecule has 0 radical (unpaired) electrons. The van der Waals surface area contributed by atoms with E-state index in [4.69, 9.17) is 0 Å². The molecule has 1 aliphatic heterocycles. The lowest BCUT2D eigenvalue weighted by atomic mass is 9.71. The molecule has 2 aromatic carbocycles. The van der Waals surface area contributed by atoms with Crippen molar-refractivity contribution < 1.29 is 5.11 Å². The Morgan fingerprint density at radius 3 is 2.03 bits per heavy atom. The fourth-order valence-corrected chi connectivity index (χ4v) is 6.33. The van der Waals surface area contributed by atoms with Gasteiger partial charge in [-0.25, -0.2) is 0 Å². The molecule has 5 heteroatoms. The van der Waals surface area contributed by atoms with Crippen LogP contribution in [0, 0.1) is 0 Å². The van der Waals surface area contributed by atoms with E-state index in [1.54, 1.807) is 0 Å². The van der Waals surface area contributed by atoms with Crippen LogP contribution < -0.4 is 0 Å². The third-order valence-electron chi connectivity index (χ3n) is 7.68. The summed E-state index contributed by atoms with van der Waals surface area (Å²) >= 11 is 0. The van der Waals surface area contributed by atoms with E-state index in [1.807, 2.05) is 18.2 Å². The molecule has 2 fully saturated rings. The highest BCUT2D eigenvalue weighted by atomic mass is 35.5. The lowest BCUT2D eigenvalue weighted by Gasteiger charge is -2.58. The molecule has 182 valence electrons. The van der Waals surface area contributed by atoms with E-state index in [0.29, 0.717) is 0 Å². The molecule has 1 saturated carbocycles. The molecule has 1 aliphatic carbocycles. The van der Waals surface area contributed by atoms with E-state index in [1.165, 1.54) is 37.7 Å². The summed E-state index contributed by atoms with van der Waals surface area (Å²) in [5, 5.41) is 11.8. The van der Waals surface area contributed by atoms with Gasteiger partial charge >= 0.3 is 0 Å². The van der Waals surface area contributed by atoms with E-state index in [0.717, 1.165) is 18.5 Å². The number of rotatable bonds is 5. The second-order valence-corrected chi connectivity index (χ2v) is 9.79. The first-order chi connectivity index (χ1) is 15.0. The monoisotopic (exact) mass is 490 g/mol. The molecule has 2 aliphatic rings. The van der Waals surface area contributed by atoms with E-state index in [2.05, 4.69) is 85.4 Å². The summed E-state index contributed by atoms with van der Waals surface area (Å²) in [6.07, 6.45) is 11.2. The van der Waals surface area contributed by atoms with Crippen LogP contribution in [0.4, 0.5) is 0 Å². The maximum absolute atomic E-state index is 11.8. The quantitative estimate of drug-likeness (QED) is 0.543. The minimum atomic E-state index is -0.845. The van der Waals surface area contributed by atoms with Crippen LogP contribution in [-0.4, -0.2) is 53.2 Å². The molecule has 1 saturated heterocycles. The van der Waals surface area contributed by atoms with Gasteiger partial charge in [0.25, 0.3) is 0 Å². The van der Waals surface area contributed by atoms with Gasteiger partial charge in [-0.3, -0.25) is 4.90 Å². The van der Waals surface area contributed by atoms with Crippen molar-refractivity contribution in [1.82, 2.24) is 9.80 Å². The smallest absolute Gasteiger partial charge is 0.101 e. The largest absolute Gasteiger partial charge is 0.384 e. The molecule has 33 heavy (non-hydrogen) atoms. The lowest BCUT2D eigenvalue weighted by molar-refractivity contribution is -0.117. The minimum Gasteiger partial charge on any atom is -0.384 e. The van der Waals surface area contributed by atoms with Crippen molar-refractivity contribution in [1.29, 1.82) is 0 Å². The van der Waals surface area contributed by atoms with Crippen LogP contribution in [0.25, 0.3) is 6.08 Å². The highest BCUT2D eigenvalue weighted by Crippen LogP contribution is 2.47. The standard InChI is InChI=1S/C28H38N2O.2ClH/c1-23-26(29(2)3)28(31,20-17-24-13-7-4-8-14-24)21-22-30(23)27(18-11-6-12-19-27)25-15-9-5-10-16-25;;/h4-5,7-10,13-17,20,23,26,31H,6,11-12,18-19,21-22H2,1-3H3;2*1H. The van der Waals surface area contributed by atoms with Crippen molar-refractivity contribution in [2.45, 2.75) is 68.7 Å². The first-order valence-corrected chi connectivity index (χ1v) is 11.9. The van der Waals surface area contributed by atoms with Crippen molar-refractivity contribution in [3.05, 3.63) is 77.9 Å². The predicted octanol–water partition coefficient (Wildman–Crippen LogP) is 6.16. The van der Waals surface area contributed by atoms with Gasteiger partial charge in [-0.05, 0) is 51.4 Å². The predicted molar refractivity (Wildman–Crippen MR) is 144 cm³/mol. The Hall–Kier alpha value is -1.36. The zero-order valence-electron chi connectivity index (χ0n) is 20.2. The Morgan fingerprint density at radius 2 is 1.45 bits per heavy atom. The number of benzene rings is 2. The van der Waals surface area contributed by atoms with Crippen LogP contribution >= 0.6 is 24.8 Å². The summed E-state index contributed by atoms with van der Waals surface area (Å²) in [7, 11) is 4.23. The lowest BCUT2D eigenvalue weighted by Crippen LogP contribution is -2.68. The molecule has 0 aromatic heterocycles. The van der Waals surface area contributed by atoms with Gasteiger partial charge in [-0.2, -0.15) is 0 Å². The first kappa shape index (κ1) is 27.9. The molecular formula is C28H40Cl2N2O. The highest BCUT2D eigenvalue weighted by molar-refractivity contribution is 5.85. The summed E-state index contributed by atoms with van der Waals surface area (Å²) in [6, 6.07) is 21.7. The summed E-state index contributed by atoms with van der Waals surface area (Å²) < 4.78 is 0. The molecule has 1 N–H and O–H groups in total. The molecule has 3 nitrogen and oxygen atoms in total. The summed E-state index contributed by atoms with van der Waals surface area (Å²) in [5.41, 5.74) is 1.82. The van der Waals surface area contributed by atoms with E-state index in [9.17, 15) is 5.11 Å². The second kappa shape index (κ2) is 11.9. The number of halogens is 2. The molecule has 2 aromatic rings. The Kier molecular flexibility index (Phi) is 10.0. The van der Waals surface area contributed by atoms with Gasteiger partial charge < -0.3 is 10.0 Å². The topological polar surface area (TPSA) is 26.7 Å². The number of likely N-dealkylation sites (N-methyl/N-ethyl adjacent to an activating group) is 1. The van der Waals surface area contributed by atoms with Crippen molar-refractivity contribution in [2.24, 2.45) is 0 Å². The third kappa shape index (κ3) is 5.66. The average Bonchev–Trinajstić information content (AvgIpc) is 2.79. The maximum atomic E-state index is 11.8. The first-order valence-electron chi connectivity index (χ1n) is 11.9. The number of hydrogen-bond donors (Lipinski definition) is 1. The molecule has 3 atom stereocenters.